The molecule has 0 saturated heterocycles. The molecule has 0 fully saturated rings. The average molecular weight is 399 g/mol. The monoisotopic (exact) mass is 399 g/mol. The van der Waals surface area contributed by atoms with Gasteiger partial charge in [0.05, 0.1) is 0 Å². The second kappa shape index (κ2) is 10.3. The molecule has 0 radical (unpaired) electrons. The third kappa shape index (κ3) is 6.14. The second-order valence-corrected chi connectivity index (χ2v) is 6.43. The number of benzene rings is 3. The van der Waals surface area contributed by atoms with Gasteiger partial charge in [-0.15, -0.1) is 0 Å². The molecule has 0 aliphatic rings. The van der Waals surface area contributed by atoms with Crippen LogP contribution in [0.5, 0.6) is 17.2 Å². The second-order valence-electron chi connectivity index (χ2n) is 6.43. The van der Waals surface area contributed by atoms with Gasteiger partial charge >= 0.3 is 0 Å². The molecule has 0 aliphatic carbocycles. The van der Waals surface area contributed by atoms with E-state index in [1.54, 1.807) is 36.4 Å². The van der Waals surface area contributed by atoms with Gasteiger partial charge in [0.15, 0.2) is 0 Å². The number of nitriles is 1. The van der Waals surface area contributed by atoms with Gasteiger partial charge in [0.25, 0.3) is 5.91 Å². The summed E-state index contributed by atoms with van der Waals surface area (Å²) in [6.45, 7) is 0.550. The highest BCUT2D eigenvalue weighted by atomic mass is 16.5. The molecule has 0 aromatic heterocycles. The number of aromatic hydroxyl groups is 1. The number of phenols is 1. The Bertz CT molecular complexity index is 1040. The Morgan fingerprint density at radius 2 is 1.63 bits per heavy atom. The lowest BCUT2D eigenvalue weighted by Crippen LogP contribution is -2.18. The first-order valence-electron chi connectivity index (χ1n) is 9.40. The van der Waals surface area contributed by atoms with Crippen molar-refractivity contribution < 1.29 is 14.6 Å². The van der Waals surface area contributed by atoms with Crippen molar-refractivity contribution in [3.63, 3.8) is 0 Å². The highest BCUT2D eigenvalue weighted by Gasteiger charge is 2.09. The molecule has 0 heterocycles. The fourth-order valence-electron chi connectivity index (χ4n) is 2.63. The maximum absolute atomic E-state index is 12.3. The molecule has 3 N–H and O–H groups in total. The van der Waals surface area contributed by atoms with Crippen LogP contribution in [0.1, 0.15) is 5.56 Å². The normalized spacial score (nSPS) is 10.7. The summed E-state index contributed by atoms with van der Waals surface area (Å²) in [7, 11) is 0. The summed E-state index contributed by atoms with van der Waals surface area (Å²) in [6, 6.07) is 25.1. The van der Waals surface area contributed by atoms with Crippen LogP contribution in [-0.4, -0.2) is 17.6 Å². The van der Waals surface area contributed by atoms with Gasteiger partial charge in [0, 0.05) is 18.4 Å². The number of carbonyl (C=O) groups is 1. The summed E-state index contributed by atoms with van der Waals surface area (Å²) in [5.41, 5.74) is 1.57. The molecule has 6 heteroatoms. The number of nitrogens with zero attached hydrogens (tertiary/aromatic N) is 1. The van der Waals surface area contributed by atoms with Crippen LogP contribution in [0, 0.1) is 11.3 Å². The van der Waals surface area contributed by atoms with Crippen molar-refractivity contribution in [3.8, 4) is 23.3 Å². The van der Waals surface area contributed by atoms with Crippen molar-refractivity contribution in [2.45, 2.75) is 6.42 Å². The lowest BCUT2D eigenvalue weighted by atomic mass is 10.1. The number of hydrogen-bond acceptors (Lipinski definition) is 5. The Morgan fingerprint density at radius 3 is 2.30 bits per heavy atom. The molecule has 30 heavy (non-hydrogen) atoms. The summed E-state index contributed by atoms with van der Waals surface area (Å²) < 4.78 is 5.72. The van der Waals surface area contributed by atoms with E-state index >= 15 is 0 Å². The number of phenolic OH excluding ortho intramolecular Hbond substituents is 1. The van der Waals surface area contributed by atoms with Crippen LogP contribution >= 0.6 is 0 Å². The van der Waals surface area contributed by atoms with E-state index in [0.29, 0.717) is 24.4 Å². The first-order valence-corrected chi connectivity index (χ1v) is 9.40. The number of hydrogen-bond donors (Lipinski definition) is 3. The first-order chi connectivity index (χ1) is 14.6. The molecule has 3 rings (SSSR count). The van der Waals surface area contributed by atoms with E-state index in [1.807, 2.05) is 48.5 Å². The average Bonchev–Trinajstić information content (AvgIpc) is 2.77. The minimum absolute atomic E-state index is 0.0229. The number of anilines is 1. The van der Waals surface area contributed by atoms with E-state index in [0.717, 1.165) is 11.3 Å². The number of ether oxygens (including phenoxy) is 1. The molecule has 0 bridgehead atoms. The summed E-state index contributed by atoms with van der Waals surface area (Å²) in [5.74, 6) is 1.09. The highest BCUT2D eigenvalue weighted by molar-refractivity contribution is 6.06. The number of para-hydroxylation sites is 1. The van der Waals surface area contributed by atoms with E-state index in [2.05, 4.69) is 10.6 Å². The van der Waals surface area contributed by atoms with Gasteiger partial charge in [-0.25, -0.2) is 0 Å². The highest BCUT2D eigenvalue weighted by Crippen LogP contribution is 2.22. The molecule has 3 aromatic carbocycles. The summed E-state index contributed by atoms with van der Waals surface area (Å²) in [6.07, 6.45) is 2.10. The molecular weight excluding hydrogens is 378 g/mol. The van der Waals surface area contributed by atoms with Crippen LogP contribution in [0.4, 0.5) is 5.69 Å². The Labute approximate surface area is 175 Å². The summed E-state index contributed by atoms with van der Waals surface area (Å²) in [4.78, 5) is 12.3. The number of amides is 1. The number of carbonyl (C=O) groups excluding carboxylic acids is 1. The van der Waals surface area contributed by atoms with Gasteiger partial charge in [-0.05, 0) is 60.5 Å². The Morgan fingerprint density at radius 1 is 0.967 bits per heavy atom. The quantitative estimate of drug-likeness (QED) is 0.297. The van der Waals surface area contributed by atoms with Crippen molar-refractivity contribution in [2.75, 3.05) is 11.9 Å². The molecule has 0 aliphatic heterocycles. The smallest absolute Gasteiger partial charge is 0.267 e. The van der Waals surface area contributed by atoms with Crippen LogP contribution in [0.25, 0.3) is 0 Å². The molecule has 150 valence electrons. The van der Waals surface area contributed by atoms with E-state index in [-0.39, 0.29) is 11.3 Å². The van der Waals surface area contributed by atoms with Gasteiger partial charge < -0.3 is 20.5 Å². The number of nitrogens with one attached hydrogen (secondary N) is 2. The van der Waals surface area contributed by atoms with Gasteiger partial charge in [-0.2, -0.15) is 5.26 Å². The lowest BCUT2D eigenvalue weighted by molar-refractivity contribution is -0.112. The zero-order valence-electron chi connectivity index (χ0n) is 16.2. The zero-order valence-corrected chi connectivity index (χ0v) is 16.2. The van der Waals surface area contributed by atoms with Gasteiger partial charge in [-0.1, -0.05) is 30.3 Å². The van der Waals surface area contributed by atoms with E-state index in [4.69, 9.17) is 4.74 Å². The largest absolute Gasteiger partial charge is 0.508 e. The Kier molecular flexibility index (Phi) is 7.07. The van der Waals surface area contributed by atoms with E-state index in [9.17, 15) is 15.2 Å². The van der Waals surface area contributed by atoms with Crippen molar-refractivity contribution in [3.05, 3.63) is 96.2 Å². The molecule has 0 atom stereocenters. The summed E-state index contributed by atoms with van der Waals surface area (Å²) >= 11 is 0. The molecule has 0 spiro atoms. The predicted octanol–water partition coefficient (Wildman–Crippen LogP) is 4.36. The van der Waals surface area contributed by atoms with Crippen LogP contribution < -0.4 is 15.4 Å². The number of rotatable bonds is 8. The predicted molar refractivity (Wildman–Crippen MR) is 115 cm³/mol. The minimum Gasteiger partial charge on any atom is -0.508 e. The molecule has 0 saturated carbocycles. The minimum atomic E-state index is -0.494. The third-order valence-electron chi connectivity index (χ3n) is 4.20. The fraction of sp³-hybridized carbons (Fsp3) is 0.0833. The molecule has 6 nitrogen and oxygen atoms in total. The maximum atomic E-state index is 12.3. The van der Waals surface area contributed by atoms with Crippen LogP contribution in [0.2, 0.25) is 0 Å². The zero-order chi connectivity index (χ0) is 21.2. The molecular formula is C24H21N3O3. The molecule has 1 amide bonds. The Balaban J connectivity index is 1.50. The molecule has 3 aromatic rings. The summed E-state index contributed by atoms with van der Waals surface area (Å²) in [5, 5.41) is 24.2. The van der Waals surface area contributed by atoms with Crippen molar-refractivity contribution >= 4 is 11.6 Å². The molecule has 0 unspecified atom stereocenters. The van der Waals surface area contributed by atoms with Crippen molar-refractivity contribution in [1.29, 1.82) is 5.26 Å². The van der Waals surface area contributed by atoms with Gasteiger partial charge in [0.2, 0.25) is 0 Å². The fourth-order valence-corrected chi connectivity index (χ4v) is 2.63. The van der Waals surface area contributed by atoms with Crippen LogP contribution in [0.3, 0.4) is 0 Å². The van der Waals surface area contributed by atoms with Crippen LogP contribution in [-0.2, 0) is 11.2 Å². The van der Waals surface area contributed by atoms with Gasteiger partial charge in [0.1, 0.15) is 28.9 Å². The standard InChI is InChI=1S/C24H21N3O3/c25-16-19(17-26-15-14-18-6-10-21(28)11-7-18)24(29)27-20-8-12-23(13-9-20)30-22-4-2-1-3-5-22/h1-13,17,26,28H,14-15H2,(H,27,29)/b19-17-. The van der Waals surface area contributed by atoms with Gasteiger partial charge in [-0.3, -0.25) is 4.79 Å². The third-order valence-corrected chi connectivity index (χ3v) is 4.20. The SMILES string of the molecule is N#C/C(=C/NCCc1ccc(O)cc1)C(=O)Nc1ccc(Oc2ccccc2)cc1. The van der Waals surface area contributed by atoms with Crippen LogP contribution in [0.15, 0.2) is 90.6 Å². The first kappa shape index (κ1) is 20.5. The van der Waals surface area contributed by atoms with E-state index in [1.165, 1.54) is 6.20 Å². The van der Waals surface area contributed by atoms with Crippen molar-refractivity contribution in [1.82, 2.24) is 5.32 Å². The lowest BCUT2D eigenvalue weighted by Gasteiger charge is -2.08. The van der Waals surface area contributed by atoms with E-state index < -0.39 is 5.91 Å². The Hall–Kier alpha value is -4.24. The van der Waals surface area contributed by atoms with Crippen molar-refractivity contribution in [2.24, 2.45) is 0 Å². The maximum Gasteiger partial charge on any atom is 0.267 e. The topological polar surface area (TPSA) is 94.4 Å².